The van der Waals surface area contributed by atoms with Gasteiger partial charge in [-0.25, -0.2) is 0 Å². The molecule has 96 valence electrons. The topological polar surface area (TPSA) is 55.7 Å². The summed E-state index contributed by atoms with van der Waals surface area (Å²) in [6, 6.07) is 0.699. The summed E-state index contributed by atoms with van der Waals surface area (Å²) < 4.78 is 0. The predicted molar refractivity (Wildman–Crippen MR) is 68.6 cm³/mol. The molecule has 0 aromatic rings. The Labute approximate surface area is 100.0 Å². The monoisotopic (exact) mass is 248 g/mol. The summed E-state index contributed by atoms with van der Waals surface area (Å²) in [5, 5.41) is 3.38. The van der Waals surface area contributed by atoms with Crippen LogP contribution in [0.4, 0.5) is 0 Å². The maximum atomic E-state index is 8.90. The van der Waals surface area contributed by atoms with Gasteiger partial charge in [-0.2, -0.15) is 0 Å². The highest BCUT2D eigenvalue weighted by Gasteiger charge is 2.19. The van der Waals surface area contributed by atoms with E-state index in [2.05, 4.69) is 17.1 Å². The van der Waals surface area contributed by atoms with Gasteiger partial charge in [0.25, 0.3) is 0 Å². The van der Waals surface area contributed by atoms with Gasteiger partial charge in [0.15, 0.2) is 8.38 Å². The van der Waals surface area contributed by atoms with Gasteiger partial charge in [-0.05, 0) is 51.9 Å². The van der Waals surface area contributed by atoms with Gasteiger partial charge in [-0.1, -0.05) is 6.92 Å². The molecule has 0 spiro atoms. The van der Waals surface area contributed by atoms with E-state index in [-0.39, 0.29) is 0 Å². The Bertz CT molecular complexity index is 175. The Morgan fingerprint density at radius 3 is 2.50 bits per heavy atom. The lowest BCUT2D eigenvalue weighted by atomic mass is 10.0. The third-order valence-corrected chi connectivity index (χ3v) is 3.86. The van der Waals surface area contributed by atoms with Crippen LogP contribution in [0.25, 0.3) is 0 Å². The normalized spacial score (nSPS) is 18.6. The zero-order chi connectivity index (χ0) is 11.8. The first-order valence-electron chi connectivity index (χ1n) is 6.34. The van der Waals surface area contributed by atoms with Crippen LogP contribution in [-0.2, 0) is 0 Å². The first-order chi connectivity index (χ1) is 7.74. The van der Waals surface area contributed by atoms with Crippen molar-refractivity contribution in [1.29, 1.82) is 0 Å². The Kier molecular flexibility index (Phi) is 7.50. The molecule has 0 atom stereocenters. The van der Waals surface area contributed by atoms with Gasteiger partial charge >= 0.3 is 0 Å². The van der Waals surface area contributed by atoms with E-state index in [1.54, 1.807) is 0 Å². The standard InChI is InChI=1S/C11H25N2O2P/c1-2-8-13(9-3-10-16(14)15)11-4-6-12-7-5-11/h11-12,14-15H,2-10H2,1H3. The van der Waals surface area contributed by atoms with Gasteiger partial charge in [0.1, 0.15) is 0 Å². The molecular formula is C11H25N2O2P. The predicted octanol–water partition coefficient (Wildman–Crippen LogP) is 1.14. The largest absolute Gasteiger partial charge is 0.350 e. The molecule has 0 amide bonds. The van der Waals surface area contributed by atoms with E-state index >= 15 is 0 Å². The lowest BCUT2D eigenvalue weighted by Gasteiger charge is -2.34. The molecule has 1 heterocycles. The Morgan fingerprint density at radius 2 is 1.94 bits per heavy atom. The fourth-order valence-electron chi connectivity index (χ4n) is 2.35. The zero-order valence-electron chi connectivity index (χ0n) is 10.2. The second kappa shape index (κ2) is 8.37. The van der Waals surface area contributed by atoms with Gasteiger partial charge in [0, 0.05) is 12.2 Å². The van der Waals surface area contributed by atoms with Crippen LogP contribution in [0.3, 0.4) is 0 Å². The smallest absolute Gasteiger partial charge is 0.164 e. The van der Waals surface area contributed by atoms with Gasteiger partial charge in [0.05, 0.1) is 0 Å². The molecule has 0 aromatic heterocycles. The molecule has 0 radical (unpaired) electrons. The minimum atomic E-state index is -1.70. The molecule has 0 aromatic carbocycles. The van der Waals surface area contributed by atoms with Gasteiger partial charge < -0.3 is 20.0 Å². The van der Waals surface area contributed by atoms with Crippen molar-refractivity contribution in [2.75, 3.05) is 32.3 Å². The SMILES string of the molecule is CCCN(CCCP(O)O)C1CCNCC1. The van der Waals surface area contributed by atoms with Crippen molar-refractivity contribution in [2.24, 2.45) is 0 Å². The highest BCUT2D eigenvalue weighted by molar-refractivity contribution is 7.45. The maximum Gasteiger partial charge on any atom is 0.164 e. The van der Waals surface area contributed by atoms with Crippen LogP contribution in [0.15, 0.2) is 0 Å². The van der Waals surface area contributed by atoms with E-state index in [4.69, 9.17) is 9.79 Å². The van der Waals surface area contributed by atoms with Crippen molar-refractivity contribution in [1.82, 2.24) is 10.2 Å². The average molecular weight is 248 g/mol. The molecule has 5 heteroatoms. The first-order valence-corrected chi connectivity index (χ1v) is 7.77. The second-order valence-electron chi connectivity index (χ2n) is 4.47. The summed E-state index contributed by atoms with van der Waals surface area (Å²) >= 11 is 0. The van der Waals surface area contributed by atoms with E-state index in [0.29, 0.717) is 12.2 Å². The van der Waals surface area contributed by atoms with Gasteiger partial charge in [0.2, 0.25) is 0 Å². The molecule has 1 rings (SSSR count). The molecule has 1 aliphatic heterocycles. The molecule has 1 aliphatic rings. The van der Waals surface area contributed by atoms with Crippen LogP contribution in [0.1, 0.15) is 32.6 Å². The number of piperidine rings is 1. The summed E-state index contributed by atoms with van der Waals surface area (Å²) in [5.41, 5.74) is 0. The fourth-order valence-corrected chi connectivity index (χ4v) is 2.78. The number of hydrogen-bond acceptors (Lipinski definition) is 4. The van der Waals surface area contributed by atoms with Crippen LogP contribution < -0.4 is 5.32 Å². The van der Waals surface area contributed by atoms with E-state index < -0.39 is 8.38 Å². The minimum absolute atomic E-state index is 0.556. The van der Waals surface area contributed by atoms with E-state index in [1.807, 2.05) is 0 Å². The summed E-state index contributed by atoms with van der Waals surface area (Å²) in [5.74, 6) is 0. The summed E-state index contributed by atoms with van der Waals surface area (Å²) in [6.07, 6.45) is 5.10. The van der Waals surface area contributed by atoms with Crippen LogP contribution in [-0.4, -0.2) is 53.1 Å². The number of nitrogens with one attached hydrogen (secondary N) is 1. The van der Waals surface area contributed by atoms with Crippen molar-refractivity contribution in [3.8, 4) is 0 Å². The quantitative estimate of drug-likeness (QED) is 0.591. The third-order valence-electron chi connectivity index (χ3n) is 3.14. The fraction of sp³-hybridized carbons (Fsp3) is 1.00. The van der Waals surface area contributed by atoms with Crippen molar-refractivity contribution in [3.63, 3.8) is 0 Å². The molecule has 16 heavy (non-hydrogen) atoms. The lowest BCUT2D eigenvalue weighted by Crippen LogP contribution is -2.44. The zero-order valence-corrected chi connectivity index (χ0v) is 11.1. The molecule has 0 unspecified atom stereocenters. The molecule has 1 saturated heterocycles. The molecule has 0 saturated carbocycles. The Balaban J connectivity index is 2.27. The molecule has 0 aliphatic carbocycles. The van der Waals surface area contributed by atoms with E-state index in [9.17, 15) is 0 Å². The lowest BCUT2D eigenvalue weighted by molar-refractivity contribution is 0.162. The van der Waals surface area contributed by atoms with Gasteiger partial charge in [-0.15, -0.1) is 0 Å². The average Bonchev–Trinajstić information content (AvgIpc) is 2.29. The maximum absolute atomic E-state index is 8.90. The molecule has 3 N–H and O–H groups in total. The van der Waals surface area contributed by atoms with Crippen LogP contribution in [0, 0.1) is 0 Å². The van der Waals surface area contributed by atoms with E-state index in [0.717, 1.165) is 32.6 Å². The Morgan fingerprint density at radius 1 is 1.25 bits per heavy atom. The molecular weight excluding hydrogens is 223 g/mol. The summed E-state index contributed by atoms with van der Waals surface area (Å²) in [4.78, 5) is 20.3. The van der Waals surface area contributed by atoms with Crippen LogP contribution in [0.5, 0.6) is 0 Å². The van der Waals surface area contributed by atoms with Crippen molar-refractivity contribution in [3.05, 3.63) is 0 Å². The molecule has 0 bridgehead atoms. The molecule has 1 fully saturated rings. The van der Waals surface area contributed by atoms with E-state index in [1.165, 1.54) is 19.3 Å². The van der Waals surface area contributed by atoms with Crippen LogP contribution in [0.2, 0.25) is 0 Å². The second-order valence-corrected chi connectivity index (χ2v) is 5.66. The minimum Gasteiger partial charge on any atom is -0.350 e. The first kappa shape index (κ1) is 14.3. The summed E-state index contributed by atoms with van der Waals surface area (Å²) in [6.45, 7) is 6.60. The van der Waals surface area contributed by atoms with Crippen molar-refractivity contribution >= 4 is 8.38 Å². The van der Waals surface area contributed by atoms with Gasteiger partial charge in [-0.3, -0.25) is 0 Å². The highest BCUT2D eigenvalue weighted by Crippen LogP contribution is 2.24. The molecule has 4 nitrogen and oxygen atoms in total. The van der Waals surface area contributed by atoms with Crippen molar-refractivity contribution in [2.45, 2.75) is 38.6 Å². The highest BCUT2D eigenvalue weighted by atomic mass is 31.2. The Hall–Kier alpha value is 0.270. The number of rotatable bonds is 7. The number of hydrogen-bond donors (Lipinski definition) is 3. The number of nitrogens with zero attached hydrogens (tertiary/aromatic N) is 1. The summed E-state index contributed by atoms with van der Waals surface area (Å²) in [7, 11) is -1.70. The van der Waals surface area contributed by atoms with Crippen molar-refractivity contribution < 1.29 is 9.79 Å². The van der Waals surface area contributed by atoms with Crippen LogP contribution >= 0.6 is 8.38 Å². The third kappa shape index (κ3) is 5.55.